The molecule has 1 aromatic carbocycles. The summed E-state index contributed by atoms with van der Waals surface area (Å²) in [6.45, 7) is 2.04. The fourth-order valence-electron chi connectivity index (χ4n) is 1.69. The van der Waals surface area contributed by atoms with Crippen LogP contribution in [-0.2, 0) is 4.79 Å². The van der Waals surface area contributed by atoms with E-state index in [0.29, 0.717) is 16.6 Å². The smallest absolute Gasteiger partial charge is 0.250 e. The van der Waals surface area contributed by atoms with Gasteiger partial charge in [-0.15, -0.1) is 10.2 Å². The lowest BCUT2D eigenvalue weighted by Gasteiger charge is -2.05. The number of hydrogen-bond acceptors (Lipinski definition) is 7. The van der Waals surface area contributed by atoms with Crippen molar-refractivity contribution in [3.63, 3.8) is 0 Å². The number of nitrogens with one attached hydrogen (secondary N) is 1. The maximum absolute atomic E-state index is 11.9. The molecule has 0 aliphatic rings. The summed E-state index contributed by atoms with van der Waals surface area (Å²) in [7, 11) is 3.16. The molecule has 0 spiro atoms. The maximum Gasteiger partial charge on any atom is 0.250 e. The van der Waals surface area contributed by atoms with Crippen molar-refractivity contribution in [3.05, 3.63) is 29.8 Å². The van der Waals surface area contributed by atoms with Crippen molar-refractivity contribution < 1.29 is 14.3 Å². The molecule has 0 bridgehead atoms. The van der Waals surface area contributed by atoms with E-state index in [2.05, 4.69) is 15.5 Å². The second kappa shape index (κ2) is 8.54. The molecule has 8 heteroatoms. The number of carbonyl (C=O) groups excluding carboxylic acids is 1. The zero-order valence-corrected chi connectivity index (χ0v) is 14.7. The van der Waals surface area contributed by atoms with E-state index < -0.39 is 0 Å². The van der Waals surface area contributed by atoms with E-state index >= 15 is 0 Å². The summed E-state index contributed by atoms with van der Waals surface area (Å²) >= 11 is 2.94. The summed E-state index contributed by atoms with van der Waals surface area (Å²) in [4.78, 5) is 11.9. The van der Waals surface area contributed by atoms with Crippen LogP contribution in [0.15, 0.2) is 28.6 Å². The first kappa shape index (κ1) is 17.3. The highest BCUT2D eigenvalue weighted by atomic mass is 32.2. The fraction of sp³-hybridized carbons (Fsp3) is 0.267. The third-order valence-corrected chi connectivity index (χ3v) is 4.56. The minimum atomic E-state index is -0.268. The van der Waals surface area contributed by atoms with E-state index in [-0.39, 0.29) is 5.91 Å². The largest absolute Gasteiger partial charge is 0.497 e. The number of ether oxygens (including phenoxy) is 2. The lowest BCUT2D eigenvalue weighted by molar-refractivity contribution is -0.111. The molecular weight excluding hydrogens is 334 g/mol. The van der Waals surface area contributed by atoms with Crippen LogP contribution in [0.2, 0.25) is 0 Å². The molecule has 6 nitrogen and oxygen atoms in total. The molecule has 1 amide bonds. The molecule has 2 rings (SSSR count). The van der Waals surface area contributed by atoms with Crippen molar-refractivity contribution in [1.29, 1.82) is 0 Å². The van der Waals surface area contributed by atoms with Crippen molar-refractivity contribution in [2.45, 2.75) is 11.3 Å². The van der Waals surface area contributed by atoms with Crippen molar-refractivity contribution in [1.82, 2.24) is 10.2 Å². The quantitative estimate of drug-likeness (QED) is 0.469. The van der Waals surface area contributed by atoms with Gasteiger partial charge in [-0.1, -0.05) is 30.0 Å². The number of benzene rings is 1. The molecule has 2 aromatic rings. The van der Waals surface area contributed by atoms with Crippen LogP contribution in [0.3, 0.4) is 0 Å². The number of carbonyl (C=O) groups is 1. The minimum absolute atomic E-state index is 0.268. The molecule has 1 aromatic heterocycles. The van der Waals surface area contributed by atoms with E-state index in [0.717, 1.165) is 15.7 Å². The zero-order chi connectivity index (χ0) is 16.7. The third kappa shape index (κ3) is 5.26. The Labute approximate surface area is 142 Å². The van der Waals surface area contributed by atoms with E-state index in [1.54, 1.807) is 38.1 Å². The fourth-order valence-corrected chi connectivity index (χ4v) is 3.34. The Morgan fingerprint density at radius 3 is 2.57 bits per heavy atom. The predicted octanol–water partition coefficient (Wildman–Crippen LogP) is 3.32. The van der Waals surface area contributed by atoms with Crippen LogP contribution < -0.4 is 14.8 Å². The van der Waals surface area contributed by atoms with Gasteiger partial charge in [0, 0.05) is 12.1 Å². The second-order valence-corrected chi connectivity index (χ2v) is 6.76. The molecule has 0 aliphatic carbocycles. The SMILES string of the molecule is CCSc1nnc(NC(=O)C=Cc2cc(OC)cc(OC)c2)s1. The average molecular weight is 351 g/mol. The van der Waals surface area contributed by atoms with Gasteiger partial charge in [0.05, 0.1) is 14.2 Å². The Hall–Kier alpha value is -2.06. The van der Waals surface area contributed by atoms with E-state index in [9.17, 15) is 4.79 Å². The topological polar surface area (TPSA) is 73.3 Å². The predicted molar refractivity (Wildman–Crippen MR) is 93.5 cm³/mol. The molecule has 0 saturated carbocycles. The maximum atomic E-state index is 11.9. The highest BCUT2D eigenvalue weighted by molar-refractivity contribution is 8.01. The number of anilines is 1. The first-order valence-corrected chi connectivity index (χ1v) is 8.63. The van der Waals surface area contributed by atoms with Crippen LogP contribution in [0.5, 0.6) is 11.5 Å². The van der Waals surface area contributed by atoms with E-state index in [1.165, 1.54) is 17.4 Å². The average Bonchev–Trinajstić information content (AvgIpc) is 3.00. The van der Waals surface area contributed by atoms with Crippen LogP contribution in [0.1, 0.15) is 12.5 Å². The number of hydrogen-bond donors (Lipinski definition) is 1. The van der Waals surface area contributed by atoms with Gasteiger partial charge in [0.15, 0.2) is 4.34 Å². The van der Waals surface area contributed by atoms with Gasteiger partial charge in [0.2, 0.25) is 11.0 Å². The van der Waals surface area contributed by atoms with Crippen molar-refractivity contribution >= 4 is 40.2 Å². The Morgan fingerprint density at radius 1 is 1.26 bits per heavy atom. The van der Waals surface area contributed by atoms with Crippen LogP contribution in [0.25, 0.3) is 6.08 Å². The standard InChI is InChI=1S/C15H17N3O3S2/c1-4-22-15-18-17-14(23-15)16-13(19)6-5-10-7-11(20-2)9-12(8-10)21-3/h5-9H,4H2,1-3H3,(H,16,17,19). The van der Waals surface area contributed by atoms with E-state index in [4.69, 9.17) is 9.47 Å². The summed E-state index contributed by atoms with van der Waals surface area (Å²) in [5, 5.41) is 11.1. The molecular formula is C15H17N3O3S2. The Bertz CT molecular complexity index is 679. The van der Waals surface area contributed by atoms with Gasteiger partial charge in [0.25, 0.3) is 0 Å². The molecule has 23 heavy (non-hydrogen) atoms. The van der Waals surface area contributed by atoms with Gasteiger partial charge in [-0.05, 0) is 29.5 Å². The number of amides is 1. The molecule has 0 aliphatic heterocycles. The van der Waals surface area contributed by atoms with Crippen LogP contribution in [0, 0.1) is 0 Å². The summed E-state index contributed by atoms with van der Waals surface area (Å²) < 4.78 is 11.2. The normalized spacial score (nSPS) is 10.7. The van der Waals surface area contributed by atoms with Gasteiger partial charge in [-0.3, -0.25) is 10.1 Å². The Balaban J connectivity index is 2.02. The lowest BCUT2D eigenvalue weighted by Crippen LogP contribution is -2.07. The number of thioether (sulfide) groups is 1. The number of nitrogens with zero attached hydrogens (tertiary/aromatic N) is 2. The highest BCUT2D eigenvalue weighted by Crippen LogP contribution is 2.25. The van der Waals surface area contributed by atoms with Crippen molar-refractivity contribution in [2.24, 2.45) is 0 Å². The molecule has 0 saturated heterocycles. The minimum Gasteiger partial charge on any atom is -0.497 e. The summed E-state index contributed by atoms with van der Waals surface area (Å²) in [6, 6.07) is 5.39. The Kier molecular flexibility index (Phi) is 6.42. The monoisotopic (exact) mass is 351 g/mol. The Morgan fingerprint density at radius 2 is 1.96 bits per heavy atom. The number of rotatable bonds is 7. The van der Waals surface area contributed by atoms with Crippen LogP contribution in [-0.4, -0.2) is 36.1 Å². The lowest BCUT2D eigenvalue weighted by atomic mass is 10.2. The molecule has 0 unspecified atom stereocenters. The number of aromatic nitrogens is 2. The van der Waals surface area contributed by atoms with Gasteiger partial charge in [0.1, 0.15) is 11.5 Å². The summed E-state index contributed by atoms with van der Waals surface area (Å²) in [5.74, 6) is 1.97. The molecule has 1 heterocycles. The third-order valence-electron chi connectivity index (χ3n) is 2.71. The van der Waals surface area contributed by atoms with Crippen LogP contribution >= 0.6 is 23.1 Å². The zero-order valence-electron chi connectivity index (χ0n) is 13.0. The highest BCUT2D eigenvalue weighted by Gasteiger charge is 2.06. The van der Waals surface area contributed by atoms with Crippen molar-refractivity contribution in [3.8, 4) is 11.5 Å². The van der Waals surface area contributed by atoms with Crippen LogP contribution in [0.4, 0.5) is 5.13 Å². The molecule has 0 atom stereocenters. The van der Waals surface area contributed by atoms with Gasteiger partial charge in [-0.2, -0.15) is 0 Å². The first-order valence-electron chi connectivity index (χ1n) is 6.83. The second-order valence-electron chi connectivity index (χ2n) is 4.27. The first-order chi connectivity index (χ1) is 11.1. The molecule has 122 valence electrons. The molecule has 0 radical (unpaired) electrons. The summed E-state index contributed by atoms with van der Waals surface area (Å²) in [6.07, 6.45) is 3.12. The van der Waals surface area contributed by atoms with Gasteiger partial charge in [-0.25, -0.2) is 0 Å². The number of methoxy groups -OCH3 is 2. The van der Waals surface area contributed by atoms with Gasteiger partial charge >= 0.3 is 0 Å². The molecule has 0 fully saturated rings. The van der Waals surface area contributed by atoms with Gasteiger partial charge < -0.3 is 9.47 Å². The molecule has 1 N–H and O–H groups in total. The summed E-state index contributed by atoms with van der Waals surface area (Å²) in [5.41, 5.74) is 0.802. The van der Waals surface area contributed by atoms with Crippen molar-refractivity contribution in [2.75, 3.05) is 25.3 Å². The van der Waals surface area contributed by atoms with E-state index in [1.807, 2.05) is 19.1 Å².